The number of benzene rings is 2. The third kappa shape index (κ3) is 3.03. The molecule has 0 atom stereocenters. The molecule has 2 heterocycles. The molecule has 1 amide bonds. The van der Waals surface area contributed by atoms with Gasteiger partial charge in [-0.1, -0.05) is 35.5 Å². The summed E-state index contributed by atoms with van der Waals surface area (Å²) in [5, 5.41) is 4.01. The van der Waals surface area contributed by atoms with Gasteiger partial charge in [0.05, 0.1) is 11.3 Å². The van der Waals surface area contributed by atoms with Gasteiger partial charge in [0.15, 0.2) is 0 Å². The molecule has 0 saturated carbocycles. The molecular weight excluding hydrogens is 344 g/mol. The lowest BCUT2D eigenvalue weighted by molar-refractivity contribution is 0.0986. The van der Waals surface area contributed by atoms with Crippen LogP contribution in [-0.4, -0.2) is 17.6 Å². The van der Waals surface area contributed by atoms with E-state index in [2.05, 4.69) is 11.2 Å². The predicted molar refractivity (Wildman–Crippen MR) is 104 cm³/mol. The van der Waals surface area contributed by atoms with Crippen molar-refractivity contribution in [3.63, 3.8) is 0 Å². The molecule has 3 aromatic rings. The molecule has 0 spiro atoms. The van der Waals surface area contributed by atoms with Crippen LogP contribution in [0.3, 0.4) is 0 Å². The Morgan fingerprint density at radius 3 is 2.73 bits per heavy atom. The van der Waals surface area contributed by atoms with Crippen LogP contribution in [0.1, 0.15) is 32.9 Å². The first-order valence-corrected chi connectivity index (χ1v) is 9.67. The highest BCUT2D eigenvalue weighted by atomic mass is 32.2. The van der Waals surface area contributed by atoms with E-state index in [4.69, 9.17) is 4.52 Å². The van der Waals surface area contributed by atoms with Crippen LogP contribution in [0.2, 0.25) is 0 Å². The first-order chi connectivity index (χ1) is 12.6. The number of para-hydroxylation sites is 1. The molecule has 132 valence electrons. The Balaban J connectivity index is 1.59. The number of anilines is 1. The Kier molecular flexibility index (Phi) is 4.55. The van der Waals surface area contributed by atoms with Gasteiger partial charge in [-0.15, -0.1) is 11.8 Å². The van der Waals surface area contributed by atoms with Gasteiger partial charge in [-0.2, -0.15) is 0 Å². The molecule has 0 aliphatic carbocycles. The number of carbonyl (C=O) groups is 1. The number of hydrogen-bond donors (Lipinski definition) is 0. The fourth-order valence-electron chi connectivity index (χ4n) is 3.32. The van der Waals surface area contributed by atoms with Crippen molar-refractivity contribution in [2.45, 2.75) is 30.9 Å². The van der Waals surface area contributed by atoms with Gasteiger partial charge in [0.25, 0.3) is 5.91 Å². The van der Waals surface area contributed by atoms with Gasteiger partial charge < -0.3 is 9.42 Å². The number of carbonyl (C=O) groups excluding carboxylic acids is 1. The summed E-state index contributed by atoms with van der Waals surface area (Å²) in [6.45, 7) is 4.61. The van der Waals surface area contributed by atoms with Crippen LogP contribution in [-0.2, 0) is 12.2 Å². The highest BCUT2D eigenvalue weighted by Gasteiger charge is 2.26. The molecule has 4 rings (SSSR count). The van der Waals surface area contributed by atoms with Crippen LogP contribution in [0.15, 0.2) is 57.9 Å². The molecule has 0 radical (unpaired) electrons. The first kappa shape index (κ1) is 16.9. The van der Waals surface area contributed by atoms with E-state index >= 15 is 0 Å². The summed E-state index contributed by atoms with van der Waals surface area (Å²) in [6, 6.07) is 16.0. The van der Waals surface area contributed by atoms with Gasteiger partial charge >= 0.3 is 0 Å². The molecule has 5 heteroatoms. The minimum atomic E-state index is 0.0665. The second-order valence-electron chi connectivity index (χ2n) is 6.42. The van der Waals surface area contributed by atoms with Crippen LogP contribution in [0, 0.1) is 13.8 Å². The summed E-state index contributed by atoms with van der Waals surface area (Å²) in [5.41, 5.74) is 5.03. The van der Waals surface area contributed by atoms with Crippen LogP contribution < -0.4 is 4.90 Å². The zero-order chi connectivity index (χ0) is 18.1. The van der Waals surface area contributed by atoms with E-state index in [0.717, 1.165) is 51.9 Å². The third-order valence-electron chi connectivity index (χ3n) is 4.80. The Morgan fingerprint density at radius 2 is 1.92 bits per heavy atom. The lowest BCUT2D eigenvalue weighted by Gasteiger charge is -2.19. The smallest absolute Gasteiger partial charge is 0.259 e. The maximum atomic E-state index is 13.2. The lowest BCUT2D eigenvalue weighted by atomic mass is 10.1. The molecule has 1 aliphatic rings. The number of amides is 1. The number of fused-ring (bicyclic) bond motifs is 1. The molecular formula is C21H20N2O2S. The van der Waals surface area contributed by atoms with Crippen molar-refractivity contribution in [3.05, 3.63) is 76.7 Å². The number of rotatable bonds is 4. The highest BCUT2D eigenvalue weighted by Crippen LogP contribution is 2.33. The van der Waals surface area contributed by atoms with E-state index in [-0.39, 0.29) is 5.91 Å². The van der Waals surface area contributed by atoms with Crippen LogP contribution in [0.25, 0.3) is 0 Å². The summed E-state index contributed by atoms with van der Waals surface area (Å²) in [5.74, 6) is 1.64. The van der Waals surface area contributed by atoms with Crippen molar-refractivity contribution in [1.82, 2.24) is 5.16 Å². The Labute approximate surface area is 157 Å². The van der Waals surface area contributed by atoms with Crippen LogP contribution in [0.4, 0.5) is 5.69 Å². The normalized spacial score (nSPS) is 13.1. The molecule has 4 nitrogen and oxygen atoms in total. The molecule has 26 heavy (non-hydrogen) atoms. The van der Waals surface area contributed by atoms with Crippen molar-refractivity contribution in [1.29, 1.82) is 0 Å². The van der Waals surface area contributed by atoms with Crippen LogP contribution >= 0.6 is 11.8 Å². The average molecular weight is 364 g/mol. The van der Waals surface area contributed by atoms with Crippen LogP contribution in [0.5, 0.6) is 0 Å². The van der Waals surface area contributed by atoms with E-state index in [1.54, 1.807) is 11.8 Å². The minimum absolute atomic E-state index is 0.0665. The number of aryl methyl sites for hydroxylation is 2. The molecule has 0 fully saturated rings. The van der Waals surface area contributed by atoms with Gasteiger partial charge in [-0.3, -0.25) is 4.79 Å². The fourth-order valence-corrected chi connectivity index (χ4v) is 4.52. The Morgan fingerprint density at radius 1 is 1.15 bits per heavy atom. The molecule has 0 N–H and O–H groups in total. The summed E-state index contributed by atoms with van der Waals surface area (Å²) >= 11 is 1.65. The largest absolute Gasteiger partial charge is 0.361 e. The number of hydrogen-bond acceptors (Lipinski definition) is 4. The Hall–Kier alpha value is -2.53. The van der Waals surface area contributed by atoms with Gasteiger partial charge in [0.2, 0.25) is 0 Å². The van der Waals surface area contributed by atoms with E-state index < -0.39 is 0 Å². The topological polar surface area (TPSA) is 46.3 Å². The van der Waals surface area contributed by atoms with Gasteiger partial charge in [0, 0.05) is 28.4 Å². The first-order valence-electron chi connectivity index (χ1n) is 8.68. The zero-order valence-corrected chi connectivity index (χ0v) is 15.7. The van der Waals surface area contributed by atoms with Crippen molar-refractivity contribution in [2.24, 2.45) is 0 Å². The number of aromatic nitrogens is 1. The minimum Gasteiger partial charge on any atom is -0.361 e. The standard InChI is InChI=1S/C21H20N2O2S/c1-14-18(15(2)25-22-14)13-26-20-10-6-4-8-17(20)21(24)23-12-11-16-7-3-5-9-19(16)23/h3-10H,11-13H2,1-2H3. The monoisotopic (exact) mass is 364 g/mol. The van der Waals surface area contributed by atoms with E-state index in [1.807, 2.05) is 61.2 Å². The molecule has 0 unspecified atom stereocenters. The molecule has 0 saturated heterocycles. The third-order valence-corrected chi connectivity index (χ3v) is 5.90. The second kappa shape index (κ2) is 7.00. The Bertz CT molecular complexity index is 945. The van der Waals surface area contributed by atoms with Gasteiger partial charge in [-0.05, 0) is 44.0 Å². The van der Waals surface area contributed by atoms with E-state index in [9.17, 15) is 4.79 Å². The van der Waals surface area contributed by atoms with Crippen molar-refractivity contribution < 1.29 is 9.32 Å². The number of nitrogens with zero attached hydrogens (tertiary/aromatic N) is 2. The van der Waals surface area contributed by atoms with Crippen molar-refractivity contribution in [3.8, 4) is 0 Å². The predicted octanol–water partition coefficient (Wildman–Crippen LogP) is 4.79. The summed E-state index contributed by atoms with van der Waals surface area (Å²) < 4.78 is 5.24. The second-order valence-corrected chi connectivity index (χ2v) is 7.44. The molecule has 0 bridgehead atoms. The SMILES string of the molecule is Cc1noc(C)c1CSc1ccccc1C(=O)N1CCc2ccccc21. The van der Waals surface area contributed by atoms with E-state index in [0.29, 0.717) is 0 Å². The zero-order valence-electron chi connectivity index (χ0n) is 14.9. The maximum absolute atomic E-state index is 13.2. The molecule has 2 aromatic carbocycles. The fraction of sp³-hybridized carbons (Fsp3) is 0.238. The van der Waals surface area contributed by atoms with Gasteiger partial charge in [0.1, 0.15) is 5.76 Å². The van der Waals surface area contributed by atoms with Crippen molar-refractivity contribution in [2.75, 3.05) is 11.4 Å². The lowest BCUT2D eigenvalue weighted by Crippen LogP contribution is -2.29. The average Bonchev–Trinajstić information content (AvgIpc) is 3.23. The molecule has 1 aliphatic heterocycles. The highest BCUT2D eigenvalue weighted by molar-refractivity contribution is 7.98. The summed E-state index contributed by atoms with van der Waals surface area (Å²) in [4.78, 5) is 16.1. The quantitative estimate of drug-likeness (QED) is 0.625. The van der Waals surface area contributed by atoms with Crippen molar-refractivity contribution >= 4 is 23.4 Å². The molecule has 1 aromatic heterocycles. The van der Waals surface area contributed by atoms with E-state index in [1.165, 1.54) is 5.56 Å². The maximum Gasteiger partial charge on any atom is 0.259 e. The summed E-state index contributed by atoms with van der Waals surface area (Å²) in [6.07, 6.45) is 0.913. The van der Waals surface area contributed by atoms with Gasteiger partial charge in [-0.25, -0.2) is 0 Å². The number of thioether (sulfide) groups is 1. The summed E-state index contributed by atoms with van der Waals surface area (Å²) in [7, 11) is 0.